The van der Waals surface area contributed by atoms with Crippen LogP contribution >= 0.6 is 0 Å². The number of ether oxygens (including phenoxy) is 1. The van der Waals surface area contributed by atoms with Gasteiger partial charge in [-0.25, -0.2) is 0 Å². The lowest BCUT2D eigenvalue weighted by molar-refractivity contribution is -0.0592. The Hall–Kier alpha value is -0.120. The first-order valence-corrected chi connectivity index (χ1v) is 6.54. The minimum atomic E-state index is -0.588. The molecule has 0 aromatic rings. The number of nitrogens with zero attached hydrogens (tertiary/aromatic N) is 1. The predicted octanol–water partition coefficient (Wildman–Crippen LogP) is 3.67. The normalized spacial score (nSPS) is 29.8. The molecule has 1 saturated heterocycles. The molecule has 0 aromatic heterocycles. The van der Waals surface area contributed by atoms with Crippen LogP contribution in [0.15, 0.2) is 0 Å². The van der Waals surface area contributed by atoms with Gasteiger partial charge in [0, 0.05) is 5.54 Å². The SMILES string of the molecule is CCCCCCCC1(C)OCC(C)(C)N1[O-]. The van der Waals surface area contributed by atoms with Crippen LogP contribution in [-0.4, -0.2) is 22.9 Å². The maximum absolute atomic E-state index is 12.1. The van der Waals surface area contributed by atoms with E-state index in [1.54, 1.807) is 0 Å². The first-order valence-electron chi connectivity index (χ1n) is 6.54. The molecule has 1 fully saturated rings. The smallest absolute Gasteiger partial charge is 0.108 e. The molecule has 0 saturated carbocycles. The molecular weight excluding hydrogens is 202 g/mol. The van der Waals surface area contributed by atoms with Gasteiger partial charge in [0.1, 0.15) is 5.72 Å². The van der Waals surface area contributed by atoms with E-state index in [0.29, 0.717) is 6.61 Å². The van der Waals surface area contributed by atoms with Crippen molar-refractivity contribution in [3.05, 3.63) is 5.21 Å². The Kier molecular flexibility index (Phi) is 4.77. The minimum Gasteiger partial charge on any atom is -0.783 e. The summed E-state index contributed by atoms with van der Waals surface area (Å²) in [6.07, 6.45) is 6.98. The van der Waals surface area contributed by atoms with Crippen LogP contribution in [0.25, 0.3) is 0 Å². The first-order chi connectivity index (χ1) is 7.42. The summed E-state index contributed by atoms with van der Waals surface area (Å²) in [6, 6.07) is 0. The minimum absolute atomic E-state index is 0.363. The predicted molar refractivity (Wildman–Crippen MR) is 67.0 cm³/mol. The second kappa shape index (κ2) is 5.48. The van der Waals surface area contributed by atoms with Gasteiger partial charge in [0.15, 0.2) is 0 Å². The molecule has 0 bridgehead atoms. The Balaban J connectivity index is 2.31. The Morgan fingerprint density at radius 2 is 1.75 bits per heavy atom. The fraction of sp³-hybridized carbons (Fsp3) is 1.00. The third kappa shape index (κ3) is 3.19. The highest BCUT2D eigenvalue weighted by Crippen LogP contribution is 2.37. The van der Waals surface area contributed by atoms with Crippen LogP contribution in [0.2, 0.25) is 0 Å². The summed E-state index contributed by atoms with van der Waals surface area (Å²) >= 11 is 0. The van der Waals surface area contributed by atoms with Gasteiger partial charge < -0.3 is 15.0 Å². The van der Waals surface area contributed by atoms with E-state index >= 15 is 0 Å². The summed E-state index contributed by atoms with van der Waals surface area (Å²) in [5.41, 5.74) is -0.951. The molecule has 0 aromatic carbocycles. The van der Waals surface area contributed by atoms with Gasteiger partial charge in [-0.05, 0) is 33.6 Å². The van der Waals surface area contributed by atoms with Gasteiger partial charge in [0.25, 0.3) is 0 Å². The molecule has 3 heteroatoms. The first kappa shape index (κ1) is 13.9. The van der Waals surface area contributed by atoms with Crippen molar-refractivity contribution in [2.75, 3.05) is 6.61 Å². The summed E-state index contributed by atoms with van der Waals surface area (Å²) in [6.45, 7) is 8.57. The second-order valence-corrected chi connectivity index (χ2v) is 5.73. The standard InChI is InChI=1S/C13H26NO2/c1-5-6-7-8-9-10-13(4)14(15)12(2,3)11-16-13/h5-11H2,1-4H3/q-1. The average Bonchev–Trinajstić information content (AvgIpc) is 2.43. The largest absolute Gasteiger partial charge is 0.783 e. The lowest BCUT2D eigenvalue weighted by atomic mass is 10.0. The van der Waals surface area contributed by atoms with Crippen molar-refractivity contribution < 1.29 is 4.74 Å². The van der Waals surface area contributed by atoms with E-state index in [0.717, 1.165) is 17.9 Å². The molecule has 96 valence electrons. The van der Waals surface area contributed by atoms with Gasteiger partial charge in [-0.1, -0.05) is 32.6 Å². The summed E-state index contributed by atoms with van der Waals surface area (Å²) < 4.78 is 5.69. The van der Waals surface area contributed by atoms with E-state index in [9.17, 15) is 5.21 Å². The summed E-state index contributed by atoms with van der Waals surface area (Å²) in [5, 5.41) is 13.2. The molecule has 1 atom stereocenters. The molecule has 3 nitrogen and oxygen atoms in total. The summed E-state index contributed by atoms with van der Waals surface area (Å²) in [7, 11) is 0. The zero-order chi connectivity index (χ0) is 12.2. The van der Waals surface area contributed by atoms with Crippen LogP contribution in [0, 0.1) is 5.21 Å². The van der Waals surface area contributed by atoms with Crippen molar-refractivity contribution >= 4 is 0 Å². The molecule has 1 aliphatic heterocycles. The molecule has 0 amide bonds. The Morgan fingerprint density at radius 3 is 2.25 bits per heavy atom. The molecule has 0 N–H and O–H groups in total. The van der Waals surface area contributed by atoms with Crippen molar-refractivity contribution in [1.82, 2.24) is 5.06 Å². The van der Waals surface area contributed by atoms with Gasteiger partial charge in [0.2, 0.25) is 0 Å². The Bertz CT molecular complexity index is 218. The maximum atomic E-state index is 12.1. The third-order valence-corrected chi connectivity index (χ3v) is 3.46. The monoisotopic (exact) mass is 228 g/mol. The average molecular weight is 228 g/mol. The van der Waals surface area contributed by atoms with E-state index in [-0.39, 0.29) is 5.54 Å². The highest BCUT2D eigenvalue weighted by atomic mass is 16.6. The van der Waals surface area contributed by atoms with Crippen LogP contribution in [0.1, 0.15) is 66.2 Å². The lowest BCUT2D eigenvalue weighted by Crippen LogP contribution is -2.46. The fourth-order valence-corrected chi connectivity index (χ4v) is 2.32. The van der Waals surface area contributed by atoms with Crippen molar-refractivity contribution in [2.45, 2.75) is 77.5 Å². The van der Waals surface area contributed by atoms with Gasteiger partial charge in [-0.2, -0.15) is 0 Å². The van der Waals surface area contributed by atoms with E-state index in [2.05, 4.69) is 6.92 Å². The van der Waals surface area contributed by atoms with E-state index < -0.39 is 5.72 Å². The molecule has 0 aliphatic carbocycles. The van der Waals surface area contributed by atoms with Crippen LogP contribution in [0.3, 0.4) is 0 Å². The van der Waals surface area contributed by atoms with Crippen LogP contribution in [0.5, 0.6) is 0 Å². The summed E-state index contributed by atoms with van der Waals surface area (Å²) in [5.74, 6) is 0. The highest BCUT2D eigenvalue weighted by Gasteiger charge is 2.42. The second-order valence-electron chi connectivity index (χ2n) is 5.73. The van der Waals surface area contributed by atoms with Crippen LogP contribution in [-0.2, 0) is 4.74 Å². The number of hydrogen-bond acceptors (Lipinski definition) is 3. The van der Waals surface area contributed by atoms with E-state index in [4.69, 9.17) is 4.74 Å². The van der Waals surface area contributed by atoms with Gasteiger partial charge in [0.05, 0.1) is 6.61 Å². The molecule has 1 aliphatic rings. The van der Waals surface area contributed by atoms with Crippen molar-refractivity contribution in [1.29, 1.82) is 0 Å². The Labute approximate surface area is 99.7 Å². The topological polar surface area (TPSA) is 35.5 Å². The van der Waals surface area contributed by atoms with Crippen molar-refractivity contribution in [2.24, 2.45) is 0 Å². The number of hydroxylamine groups is 2. The highest BCUT2D eigenvalue weighted by molar-refractivity contribution is 4.96. The summed E-state index contributed by atoms with van der Waals surface area (Å²) in [4.78, 5) is 0. The molecule has 1 rings (SSSR count). The van der Waals surface area contributed by atoms with Crippen LogP contribution < -0.4 is 0 Å². The molecule has 0 spiro atoms. The molecule has 1 heterocycles. The lowest BCUT2D eigenvalue weighted by Gasteiger charge is -2.45. The Morgan fingerprint density at radius 1 is 1.12 bits per heavy atom. The van der Waals surface area contributed by atoms with Gasteiger partial charge in [-0.3, -0.25) is 0 Å². The number of rotatable bonds is 6. The fourth-order valence-electron chi connectivity index (χ4n) is 2.32. The zero-order valence-corrected chi connectivity index (χ0v) is 11.2. The number of unbranched alkanes of at least 4 members (excludes halogenated alkanes) is 4. The molecule has 0 radical (unpaired) electrons. The number of hydrogen-bond donors (Lipinski definition) is 0. The zero-order valence-electron chi connectivity index (χ0n) is 11.2. The van der Waals surface area contributed by atoms with Crippen molar-refractivity contribution in [3.63, 3.8) is 0 Å². The molecular formula is C13H26NO2-. The van der Waals surface area contributed by atoms with E-state index in [1.165, 1.54) is 25.7 Å². The third-order valence-electron chi connectivity index (χ3n) is 3.46. The van der Waals surface area contributed by atoms with Crippen molar-refractivity contribution in [3.8, 4) is 0 Å². The maximum Gasteiger partial charge on any atom is 0.108 e. The molecule has 16 heavy (non-hydrogen) atoms. The van der Waals surface area contributed by atoms with Gasteiger partial charge in [-0.15, -0.1) is 0 Å². The van der Waals surface area contributed by atoms with Crippen LogP contribution in [0.4, 0.5) is 0 Å². The van der Waals surface area contributed by atoms with E-state index in [1.807, 2.05) is 20.8 Å². The molecule has 1 unspecified atom stereocenters. The quantitative estimate of drug-likeness (QED) is 0.651. The van der Waals surface area contributed by atoms with Gasteiger partial charge >= 0.3 is 0 Å².